The van der Waals surface area contributed by atoms with Crippen molar-refractivity contribution in [2.75, 3.05) is 11.9 Å². The molecule has 1 heterocycles. The summed E-state index contributed by atoms with van der Waals surface area (Å²) >= 11 is 0. The Morgan fingerprint density at radius 3 is 3.08 bits per heavy atom. The van der Waals surface area contributed by atoms with Gasteiger partial charge in [0.15, 0.2) is 6.61 Å². The molecule has 0 aromatic heterocycles. The number of nitrogens with one attached hydrogen (secondary N) is 1. The Labute approximate surface area is 77.5 Å². The first kappa shape index (κ1) is 8.17. The van der Waals surface area contributed by atoms with Crippen LogP contribution in [0.25, 0.3) is 0 Å². The van der Waals surface area contributed by atoms with Crippen LogP contribution in [-0.2, 0) is 4.79 Å². The zero-order chi connectivity index (χ0) is 9.42. The lowest BCUT2D eigenvalue weighted by Gasteiger charge is -2.20. The second-order valence-corrected chi connectivity index (χ2v) is 3.30. The molecule has 0 saturated carbocycles. The molecule has 1 aliphatic rings. The number of benzene rings is 1. The molecule has 0 unspecified atom stereocenters. The van der Waals surface area contributed by atoms with Crippen LogP contribution in [0, 0.1) is 6.92 Å². The summed E-state index contributed by atoms with van der Waals surface area (Å²) in [7, 11) is 1.98. The van der Waals surface area contributed by atoms with Crippen molar-refractivity contribution in [3.05, 3.63) is 17.7 Å². The van der Waals surface area contributed by atoms with Crippen LogP contribution < -0.4 is 15.5 Å². The molecule has 2 rings (SSSR count). The number of hydrogen-bond donors (Lipinski definition) is 1. The van der Waals surface area contributed by atoms with Gasteiger partial charge in [0.1, 0.15) is 13.6 Å². The number of anilines is 1. The van der Waals surface area contributed by atoms with Gasteiger partial charge in [0.2, 0.25) is 0 Å². The molecule has 1 amide bonds. The first-order valence-electron chi connectivity index (χ1n) is 4.21. The van der Waals surface area contributed by atoms with Crippen molar-refractivity contribution < 1.29 is 9.53 Å². The Kier molecular flexibility index (Phi) is 1.76. The molecule has 0 radical (unpaired) electrons. The first-order chi connectivity index (χ1) is 6.16. The maximum absolute atomic E-state index is 11.0. The van der Waals surface area contributed by atoms with Crippen LogP contribution in [0.3, 0.4) is 0 Å². The minimum atomic E-state index is -0.0856. The summed E-state index contributed by atoms with van der Waals surface area (Å²) in [6.45, 7) is 2.12. The van der Waals surface area contributed by atoms with E-state index >= 15 is 0 Å². The van der Waals surface area contributed by atoms with Crippen LogP contribution in [-0.4, -0.2) is 20.4 Å². The van der Waals surface area contributed by atoms with Crippen molar-refractivity contribution in [1.82, 2.24) is 0 Å². The Bertz CT molecular complexity index is 376. The van der Waals surface area contributed by atoms with Gasteiger partial charge < -0.3 is 10.1 Å². The lowest BCUT2D eigenvalue weighted by atomic mass is 9.92. The minimum absolute atomic E-state index is 0.0856. The van der Waals surface area contributed by atoms with Gasteiger partial charge in [-0.3, -0.25) is 4.79 Å². The molecule has 1 N–H and O–H groups in total. The topological polar surface area (TPSA) is 38.3 Å². The van der Waals surface area contributed by atoms with Crippen LogP contribution in [0.4, 0.5) is 5.69 Å². The fourth-order valence-electron chi connectivity index (χ4n) is 1.56. The molecule has 3 nitrogen and oxygen atoms in total. The van der Waals surface area contributed by atoms with Gasteiger partial charge in [0, 0.05) is 0 Å². The third kappa shape index (κ3) is 1.39. The normalized spacial score (nSPS) is 14.4. The van der Waals surface area contributed by atoms with E-state index in [1.807, 2.05) is 26.9 Å². The Morgan fingerprint density at radius 1 is 1.54 bits per heavy atom. The van der Waals surface area contributed by atoms with Crippen molar-refractivity contribution in [1.29, 1.82) is 0 Å². The largest absolute Gasteiger partial charge is 0.482 e. The van der Waals surface area contributed by atoms with E-state index < -0.39 is 0 Å². The molecule has 0 atom stereocenters. The van der Waals surface area contributed by atoms with E-state index in [1.54, 1.807) is 0 Å². The van der Waals surface area contributed by atoms with E-state index in [1.165, 1.54) is 0 Å². The number of carbonyl (C=O) groups is 1. The molecule has 0 bridgehead atoms. The number of ether oxygens (including phenoxy) is 1. The smallest absolute Gasteiger partial charge is 0.262 e. The zero-order valence-corrected chi connectivity index (χ0v) is 7.68. The van der Waals surface area contributed by atoms with Crippen molar-refractivity contribution in [3.8, 4) is 5.75 Å². The van der Waals surface area contributed by atoms with Crippen molar-refractivity contribution >= 4 is 24.9 Å². The van der Waals surface area contributed by atoms with Crippen molar-refractivity contribution in [2.45, 2.75) is 6.92 Å². The first-order valence-corrected chi connectivity index (χ1v) is 4.21. The quantitative estimate of drug-likeness (QED) is 0.544. The average Bonchev–Trinajstić information content (AvgIpc) is 2.02. The molecular weight excluding hydrogens is 165 g/mol. The third-order valence-electron chi connectivity index (χ3n) is 2.04. The summed E-state index contributed by atoms with van der Waals surface area (Å²) < 4.78 is 5.31. The van der Waals surface area contributed by atoms with E-state index in [9.17, 15) is 4.79 Å². The van der Waals surface area contributed by atoms with E-state index in [0.717, 1.165) is 22.5 Å². The number of carbonyl (C=O) groups excluding carboxylic acids is 1. The SMILES string of the molecule is Bc1cc(C)cc2c1OCC(=O)N2. The molecule has 0 aliphatic carbocycles. The van der Waals surface area contributed by atoms with Crippen molar-refractivity contribution in [2.24, 2.45) is 0 Å². The Balaban J connectivity index is 2.53. The average molecular weight is 175 g/mol. The molecule has 13 heavy (non-hydrogen) atoms. The maximum atomic E-state index is 11.0. The van der Waals surface area contributed by atoms with Gasteiger partial charge in [0.25, 0.3) is 5.91 Å². The van der Waals surface area contributed by atoms with E-state index in [0.29, 0.717) is 0 Å². The van der Waals surface area contributed by atoms with Gasteiger partial charge in [0.05, 0.1) is 5.69 Å². The second-order valence-electron chi connectivity index (χ2n) is 3.30. The predicted octanol–water partition coefficient (Wildman–Crippen LogP) is -0.416. The fraction of sp³-hybridized carbons (Fsp3) is 0.222. The van der Waals surface area contributed by atoms with Gasteiger partial charge >= 0.3 is 0 Å². The minimum Gasteiger partial charge on any atom is -0.482 e. The summed E-state index contributed by atoms with van der Waals surface area (Å²) in [5.41, 5.74) is 2.98. The summed E-state index contributed by atoms with van der Waals surface area (Å²) in [6, 6.07) is 3.95. The molecule has 1 aromatic carbocycles. The zero-order valence-electron chi connectivity index (χ0n) is 7.68. The maximum Gasteiger partial charge on any atom is 0.262 e. The standard InChI is InChI=1S/C9H10BNO2/c1-5-2-6(10)9-7(3-5)11-8(12)4-13-9/h2-3H,4,10H2,1H3,(H,11,12). The highest BCUT2D eigenvalue weighted by Crippen LogP contribution is 2.25. The number of rotatable bonds is 0. The number of fused-ring (bicyclic) bond motifs is 1. The molecule has 0 fully saturated rings. The summed E-state index contributed by atoms with van der Waals surface area (Å²) in [5.74, 6) is 0.711. The summed E-state index contributed by atoms with van der Waals surface area (Å²) in [5, 5.41) is 2.78. The molecule has 1 aromatic rings. The lowest BCUT2D eigenvalue weighted by molar-refractivity contribution is -0.118. The van der Waals surface area contributed by atoms with Crippen LogP contribution in [0.15, 0.2) is 12.1 Å². The molecule has 0 spiro atoms. The Hall–Kier alpha value is -1.45. The Morgan fingerprint density at radius 2 is 2.31 bits per heavy atom. The van der Waals surface area contributed by atoms with Crippen LogP contribution in [0.1, 0.15) is 5.56 Å². The lowest BCUT2D eigenvalue weighted by Crippen LogP contribution is -2.28. The second kappa shape index (κ2) is 2.80. The molecule has 1 aliphatic heterocycles. The number of amides is 1. The highest BCUT2D eigenvalue weighted by atomic mass is 16.5. The van der Waals surface area contributed by atoms with Gasteiger partial charge in [-0.1, -0.05) is 6.07 Å². The predicted molar refractivity (Wildman–Crippen MR) is 53.5 cm³/mol. The highest BCUT2D eigenvalue weighted by molar-refractivity contribution is 6.35. The third-order valence-corrected chi connectivity index (χ3v) is 2.04. The monoisotopic (exact) mass is 175 g/mol. The molecule has 66 valence electrons. The summed E-state index contributed by atoms with van der Waals surface area (Å²) in [6.07, 6.45) is 0. The van der Waals surface area contributed by atoms with Gasteiger partial charge in [-0.05, 0) is 24.0 Å². The van der Waals surface area contributed by atoms with Crippen LogP contribution >= 0.6 is 0 Å². The molecule has 0 saturated heterocycles. The van der Waals surface area contributed by atoms with Crippen molar-refractivity contribution in [3.63, 3.8) is 0 Å². The van der Waals surface area contributed by atoms with Gasteiger partial charge in [-0.25, -0.2) is 0 Å². The van der Waals surface area contributed by atoms with Crippen LogP contribution in [0.5, 0.6) is 5.75 Å². The molecular formula is C9H10BNO2. The molecule has 4 heteroatoms. The number of hydrogen-bond acceptors (Lipinski definition) is 2. The highest BCUT2D eigenvalue weighted by Gasteiger charge is 2.17. The van der Waals surface area contributed by atoms with E-state index in [-0.39, 0.29) is 12.5 Å². The van der Waals surface area contributed by atoms with E-state index in [4.69, 9.17) is 4.74 Å². The van der Waals surface area contributed by atoms with Gasteiger partial charge in [-0.2, -0.15) is 0 Å². The van der Waals surface area contributed by atoms with Gasteiger partial charge in [-0.15, -0.1) is 0 Å². The summed E-state index contributed by atoms with van der Waals surface area (Å²) in [4.78, 5) is 11.0. The fourth-order valence-corrected chi connectivity index (χ4v) is 1.56. The van der Waals surface area contributed by atoms with Crippen LogP contribution in [0.2, 0.25) is 0 Å². The van der Waals surface area contributed by atoms with E-state index in [2.05, 4.69) is 5.32 Å². The number of aryl methyl sites for hydroxylation is 1.